The minimum absolute atomic E-state index is 0.740. The molecule has 0 saturated heterocycles. The first kappa shape index (κ1) is 19.9. The van der Waals surface area contributed by atoms with Crippen molar-refractivity contribution in [2.24, 2.45) is 0 Å². The number of nitrogens with one attached hydrogen (secondary N) is 1. The van der Waals surface area contributed by atoms with Gasteiger partial charge in [-0.2, -0.15) is 5.26 Å². The zero-order valence-electron chi connectivity index (χ0n) is 15.0. The summed E-state index contributed by atoms with van der Waals surface area (Å²) < 4.78 is 2.21. The van der Waals surface area contributed by atoms with Crippen molar-refractivity contribution in [3.8, 4) is 6.07 Å². The van der Waals surface area contributed by atoms with Crippen LogP contribution >= 0.6 is 0 Å². The van der Waals surface area contributed by atoms with Gasteiger partial charge in [0.1, 0.15) is 6.07 Å². The van der Waals surface area contributed by atoms with Crippen LogP contribution in [0.3, 0.4) is 0 Å². The van der Waals surface area contributed by atoms with Gasteiger partial charge in [-0.25, -0.2) is 9.59 Å². The average molecular weight is 367 g/mol. The summed E-state index contributed by atoms with van der Waals surface area (Å²) in [6.07, 6.45) is 6.24. The molecule has 0 aliphatic carbocycles. The first-order chi connectivity index (χ1) is 13.0. The summed E-state index contributed by atoms with van der Waals surface area (Å²) >= 11 is 0. The number of nitrogens with zero attached hydrogens (tertiary/aromatic N) is 2. The van der Waals surface area contributed by atoms with Gasteiger partial charge in [-0.1, -0.05) is 30.3 Å². The number of fused-ring (bicyclic) bond motifs is 2. The van der Waals surface area contributed by atoms with Crippen molar-refractivity contribution in [3.05, 3.63) is 65.0 Å². The van der Waals surface area contributed by atoms with Gasteiger partial charge in [0.25, 0.3) is 0 Å². The second-order valence-electron chi connectivity index (χ2n) is 5.95. The predicted molar refractivity (Wildman–Crippen MR) is 100 cm³/mol. The Kier molecular flexibility index (Phi) is 6.92. The molecule has 0 amide bonds. The second kappa shape index (κ2) is 9.36. The molecule has 1 aliphatic heterocycles. The summed E-state index contributed by atoms with van der Waals surface area (Å²) in [5.74, 6) is -3.65. The molecule has 0 fully saturated rings. The number of carboxylic acid groups (broad SMARTS) is 2. The molecule has 0 spiro atoms. The molecule has 27 heavy (non-hydrogen) atoms. The van der Waals surface area contributed by atoms with Crippen molar-refractivity contribution in [1.29, 1.82) is 5.26 Å². The summed E-state index contributed by atoms with van der Waals surface area (Å²) in [5, 5.41) is 27.1. The minimum Gasteiger partial charge on any atom is -0.473 e. The Morgan fingerprint density at radius 2 is 2.00 bits per heavy atom. The van der Waals surface area contributed by atoms with E-state index < -0.39 is 11.9 Å². The van der Waals surface area contributed by atoms with E-state index in [9.17, 15) is 0 Å². The van der Waals surface area contributed by atoms with E-state index in [-0.39, 0.29) is 0 Å². The summed E-state index contributed by atoms with van der Waals surface area (Å²) in [4.78, 5) is 18.2. The lowest BCUT2D eigenvalue weighted by molar-refractivity contribution is -0.159. The highest BCUT2D eigenvalue weighted by Gasteiger charge is 2.18. The van der Waals surface area contributed by atoms with Crippen LogP contribution in [0, 0.1) is 11.3 Å². The number of hydrogen-bond acceptors (Lipinski definition) is 4. The average Bonchev–Trinajstić information content (AvgIpc) is 3.01. The lowest BCUT2D eigenvalue weighted by Crippen LogP contribution is -2.09. The second-order valence-corrected chi connectivity index (χ2v) is 5.95. The van der Waals surface area contributed by atoms with Gasteiger partial charge in [-0.15, -0.1) is 0 Å². The zero-order chi connectivity index (χ0) is 19.8. The van der Waals surface area contributed by atoms with Crippen LogP contribution in [0.25, 0.3) is 5.57 Å². The number of aliphatic carboxylic acids is 2. The van der Waals surface area contributed by atoms with Crippen LogP contribution in [0.5, 0.6) is 0 Å². The lowest BCUT2D eigenvalue weighted by atomic mass is 9.96. The van der Waals surface area contributed by atoms with Crippen LogP contribution in [0.4, 0.5) is 0 Å². The molecular formula is C20H21N3O4. The van der Waals surface area contributed by atoms with Crippen LogP contribution in [0.15, 0.2) is 42.6 Å². The van der Waals surface area contributed by atoms with Gasteiger partial charge in [0.15, 0.2) is 0 Å². The van der Waals surface area contributed by atoms with Crippen molar-refractivity contribution < 1.29 is 19.8 Å². The normalized spacial score (nSPS) is 13.4. The van der Waals surface area contributed by atoms with Crippen LogP contribution in [0.1, 0.15) is 28.8 Å². The Morgan fingerprint density at radius 3 is 2.63 bits per heavy atom. The molecule has 7 heteroatoms. The Bertz CT molecular complexity index is 894. The number of carboxylic acids is 2. The molecule has 0 saturated carbocycles. The third kappa shape index (κ3) is 5.06. The first-order valence-electron chi connectivity index (χ1n) is 8.47. The Labute approximate surface area is 157 Å². The molecule has 3 N–H and O–H groups in total. The van der Waals surface area contributed by atoms with Gasteiger partial charge in [0.2, 0.25) is 0 Å². The van der Waals surface area contributed by atoms with Crippen molar-refractivity contribution >= 4 is 17.5 Å². The van der Waals surface area contributed by atoms with Gasteiger partial charge >= 0.3 is 11.9 Å². The Morgan fingerprint density at radius 1 is 1.30 bits per heavy atom. The van der Waals surface area contributed by atoms with Gasteiger partial charge in [0, 0.05) is 24.0 Å². The molecule has 3 rings (SSSR count). The summed E-state index contributed by atoms with van der Waals surface area (Å²) in [6.45, 7) is 1.88. The molecule has 0 atom stereocenters. The molecule has 0 unspecified atom stereocenters. The van der Waals surface area contributed by atoms with E-state index in [0.717, 1.165) is 37.2 Å². The molecule has 2 heterocycles. The monoisotopic (exact) mass is 367 g/mol. The van der Waals surface area contributed by atoms with Crippen molar-refractivity contribution in [1.82, 2.24) is 9.88 Å². The van der Waals surface area contributed by atoms with E-state index >= 15 is 0 Å². The van der Waals surface area contributed by atoms with E-state index in [1.54, 1.807) is 0 Å². The van der Waals surface area contributed by atoms with Crippen LogP contribution in [-0.2, 0) is 22.6 Å². The largest absolute Gasteiger partial charge is 0.473 e. The fourth-order valence-corrected chi connectivity index (χ4v) is 2.94. The highest BCUT2D eigenvalue weighted by Crippen LogP contribution is 2.31. The molecule has 140 valence electrons. The van der Waals surface area contributed by atoms with E-state index in [4.69, 9.17) is 25.1 Å². The number of hydrogen-bond donors (Lipinski definition) is 3. The maximum atomic E-state index is 9.16. The van der Waals surface area contributed by atoms with Gasteiger partial charge in [-0.05, 0) is 43.6 Å². The van der Waals surface area contributed by atoms with Crippen LogP contribution in [-0.4, -0.2) is 40.3 Å². The standard InChI is InChI=1S/C18H19N3.C2H2O4/c1-20-9-4-7-17-16-6-3-2-5-15(16)8-10-21-13-14(12-19)11-18(17)21;3-1(4)2(5)6/h2-3,5-7,11,13,20H,4,8-10H2,1H3;(H,3,4)(H,5,6)/b17-7+;. The zero-order valence-corrected chi connectivity index (χ0v) is 15.0. The molecule has 2 aromatic rings. The van der Waals surface area contributed by atoms with Crippen LogP contribution < -0.4 is 5.32 Å². The molecular weight excluding hydrogens is 346 g/mol. The number of benzene rings is 1. The SMILES string of the molecule is CNCC/C=C1\c2ccccc2CCn2cc(C#N)cc21.O=C(O)C(=O)O. The van der Waals surface area contributed by atoms with E-state index in [1.165, 1.54) is 16.7 Å². The number of aryl methyl sites for hydroxylation is 2. The van der Waals surface area contributed by atoms with Gasteiger partial charge in [0.05, 0.1) is 5.56 Å². The van der Waals surface area contributed by atoms with Gasteiger partial charge < -0.3 is 20.1 Å². The molecule has 7 nitrogen and oxygen atoms in total. The first-order valence-corrected chi connectivity index (χ1v) is 8.47. The van der Waals surface area contributed by atoms with E-state index in [2.05, 4.69) is 46.3 Å². The summed E-state index contributed by atoms with van der Waals surface area (Å²) in [5.41, 5.74) is 5.83. The van der Waals surface area contributed by atoms with Crippen molar-refractivity contribution in [2.75, 3.05) is 13.6 Å². The third-order valence-electron chi connectivity index (χ3n) is 4.16. The quantitative estimate of drug-likeness (QED) is 0.565. The Hall–Kier alpha value is -3.37. The topological polar surface area (TPSA) is 115 Å². The van der Waals surface area contributed by atoms with Crippen molar-refractivity contribution in [2.45, 2.75) is 19.4 Å². The number of nitriles is 1. The third-order valence-corrected chi connectivity index (χ3v) is 4.16. The number of rotatable bonds is 3. The predicted octanol–water partition coefficient (Wildman–Crippen LogP) is 2.11. The highest BCUT2D eigenvalue weighted by atomic mass is 16.4. The Balaban J connectivity index is 0.000000380. The highest BCUT2D eigenvalue weighted by molar-refractivity contribution is 6.27. The van der Waals surface area contributed by atoms with E-state index in [0.29, 0.717) is 0 Å². The number of aromatic nitrogens is 1. The van der Waals surface area contributed by atoms with E-state index in [1.807, 2.05) is 19.3 Å². The summed E-state index contributed by atoms with van der Waals surface area (Å²) in [7, 11) is 1.97. The fourth-order valence-electron chi connectivity index (χ4n) is 2.94. The minimum atomic E-state index is -1.82. The molecule has 0 radical (unpaired) electrons. The van der Waals surface area contributed by atoms with Crippen LogP contribution in [0.2, 0.25) is 0 Å². The molecule has 0 bridgehead atoms. The molecule has 1 aromatic carbocycles. The molecule has 1 aromatic heterocycles. The maximum absolute atomic E-state index is 9.16. The van der Waals surface area contributed by atoms with Crippen molar-refractivity contribution in [3.63, 3.8) is 0 Å². The van der Waals surface area contributed by atoms with Gasteiger partial charge in [-0.3, -0.25) is 0 Å². The lowest BCUT2D eigenvalue weighted by Gasteiger charge is -2.10. The summed E-state index contributed by atoms with van der Waals surface area (Å²) in [6, 6.07) is 12.9. The number of carbonyl (C=O) groups is 2. The smallest absolute Gasteiger partial charge is 0.414 e. The molecule has 1 aliphatic rings. The maximum Gasteiger partial charge on any atom is 0.414 e. The fraction of sp³-hybridized carbons (Fsp3) is 0.250.